The van der Waals surface area contributed by atoms with E-state index in [0.29, 0.717) is 6.54 Å². The first-order chi connectivity index (χ1) is 12.1. The molecule has 2 rings (SSSR count). The van der Waals surface area contributed by atoms with Crippen LogP contribution in [-0.2, 0) is 20.0 Å². The second-order valence-corrected chi connectivity index (χ2v) is 5.96. The number of benzene rings is 1. The molecule has 0 radical (unpaired) electrons. The van der Waals surface area contributed by atoms with Crippen LogP contribution < -0.4 is 15.4 Å². The smallest absolute Gasteiger partial charge is 0.191 e. The Labute approximate surface area is 150 Å². The third kappa shape index (κ3) is 4.98. The molecule has 0 saturated heterocycles. The zero-order valence-corrected chi connectivity index (χ0v) is 15.9. The highest BCUT2D eigenvalue weighted by molar-refractivity contribution is 5.79. The van der Waals surface area contributed by atoms with E-state index in [1.54, 1.807) is 7.11 Å². The summed E-state index contributed by atoms with van der Waals surface area (Å²) in [4.78, 5) is 4.70. The van der Waals surface area contributed by atoms with Gasteiger partial charge in [-0.3, -0.25) is 4.68 Å². The molecular weight excluding hydrogens is 314 g/mol. The molecule has 0 atom stereocenters. The highest BCUT2D eigenvalue weighted by atomic mass is 16.5. The molecule has 0 saturated carbocycles. The molecular formula is C19H29N5O. The Kier molecular flexibility index (Phi) is 6.86. The van der Waals surface area contributed by atoms with E-state index < -0.39 is 0 Å². The van der Waals surface area contributed by atoms with Crippen molar-refractivity contribution in [2.75, 3.05) is 20.2 Å². The van der Waals surface area contributed by atoms with Gasteiger partial charge >= 0.3 is 0 Å². The van der Waals surface area contributed by atoms with Crippen LogP contribution in [0.15, 0.2) is 29.3 Å². The Morgan fingerprint density at radius 1 is 1.24 bits per heavy atom. The number of hydrogen-bond donors (Lipinski definition) is 2. The molecule has 136 valence electrons. The van der Waals surface area contributed by atoms with E-state index in [9.17, 15) is 0 Å². The predicted molar refractivity (Wildman–Crippen MR) is 102 cm³/mol. The second-order valence-electron chi connectivity index (χ2n) is 5.96. The number of nitrogens with one attached hydrogen (secondary N) is 2. The van der Waals surface area contributed by atoms with E-state index >= 15 is 0 Å². The predicted octanol–water partition coefficient (Wildman–Crippen LogP) is 2.34. The average Bonchev–Trinajstić information content (AvgIpc) is 2.85. The Balaban J connectivity index is 1.98. The van der Waals surface area contributed by atoms with Crippen LogP contribution in [0.4, 0.5) is 0 Å². The zero-order valence-electron chi connectivity index (χ0n) is 15.9. The van der Waals surface area contributed by atoms with Crippen LogP contribution in [-0.4, -0.2) is 35.9 Å². The Bertz CT molecular complexity index is 721. The van der Waals surface area contributed by atoms with Gasteiger partial charge in [-0.2, -0.15) is 5.10 Å². The van der Waals surface area contributed by atoms with Crippen molar-refractivity contribution in [1.82, 2.24) is 20.4 Å². The van der Waals surface area contributed by atoms with E-state index in [4.69, 9.17) is 9.73 Å². The first-order valence-corrected chi connectivity index (χ1v) is 8.70. The van der Waals surface area contributed by atoms with Gasteiger partial charge < -0.3 is 15.4 Å². The topological polar surface area (TPSA) is 63.5 Å². The van der Waals surface area contributed by atoms with Crippen molar-refractivity contribution in [3.8, 4) is 5.75 Å². The summed E-state index contributed by atoms with van der Waals surface area (Å²) in [6, 6.07) is 8.10. The number of nitrogens with zero attached hydrogens (tertiary/aromatic N) is 3. The third-order valence-electron chi connectivity index (χ3n) is 4.28. The normalized spacial score (nSPS) is 11.5. The van der Waals surface area contributed by atoms with Crippen molar-refractivity contribution in [3.63, 3.8) is 0 Å². The van der Waals surface area contributed by atoms with Gasteiger partial charge in [0.25, 0.3) is 0 Å². The molecule has 0 bridgehead atoms. The average molecular weight is 343 g/mol. The maximum absolute atomic E-state index is 5.40. The van der Waals surface area contributed by atoms with Crippen LogP contribution in [0.1, 0.15) is 29.4 Å². The minimum absolute atomic E-state index is 0.621. The fourth-order valence-electron chi connectivity index (χ4n) is 2.77. The molecule has 0 aliphatic heterocycles. The highest BCUT2D eigenvalue weighted by Crippen LogP contribution is 2.17. The summed E-state index contributed by atoms with van der Waals surface area (Å²) < 4.78 is 7.31. The molecule has 6 heteroatoms. The SMILES string of the molecule is CCNC(=NCc1c(C)nn(C)c1C)NCCc1ccccc1OC. The van der Waals surface area contributed by atoms with Crippen molar-refractivity contribution in [2.45, 2.75) is 33.7 Å². The quantitative estimate of drug-likeness (QED) is 0.598. The number of methoxy groups -OCH3 is 1. The molecule has 2 aromatic rings. The molecule has 0 fully saturated rings. The number of hydrogen-bond acceptors (Lipinski definition) is 3. The molecule has 0 amide bonds. The van der Waals surface area contributed by atoms with Gasteiger partial charge in [0.2, 0.25) is 0 Å². The van der Waals surface area contributed by atoms with Crippen LogP contribution in [0.2, 0.25) is 0 Å². The van der Waals surface area contributed by atoms with Gasteiger partial charge in [-0.15, -0.1) is 0 Å². The summed E-state index contributed by atoms with van der Waals surface area (Å²) in [6.45, 7) is 8.41. The van der Waals surface area contributed by atoms with Gasteiger partial charge in [-0.1, -0.05) is 18.2 Å². The highest BCUT2D eigenvalue weighted by Gasteiger charge is 2.09. The van der Waals surface area contributed by atoms with Crippen molar-refractivity contribution in [2.24, 2.45) is 12.0 Å². The fraction of sp³-hybridized carbons (Fsp3) is 0.474. The summed E-state index contributed by atoms with van der Waals surface area (Å²) in [7, 11) is 3.67. The lowest BCUT2D eigenvalue weighted by Crippen LogP contribution is -2.38. The van der Waals surface area contributed by atoms with Crippen molar-refractivity contribution in [1.29, 1.82) is 0 Å². The van der Waals surface area contributed by atoms with E-state index in [1.807, 2.05) is 36.9 Å². The molecule has 0 aliphatic carbocycles. The first kappa shape index (κ1) is 18.8. The van der Waals surface area contributed by atoms with Crippen molar-refractivity contribution in [3.05, 3.63) is 46.8 Å². The molecule has 0 aliphatic rings. The molecule has 0 spiro atoms. The van der Waals surface area contributed by atoms with Gasteiger partial charge in [-0.25, -0.2) is 4.99 Å². The van der Waals surface area contributed by atoms with Crippen LogP contribution in [0.25, 0.3) is 0 Å². The molecule has 1 aromatic heterocycles. The second kappa shape index (κ2) is 9.11. The molecule has 25 heavy (non-hydrogen) atoms. The number of ether oxygens (including phenoxy) is 1. The Morgan fingerprint density at radius 2 is 2.00 bits per heavy atom. The van der Waals surface area contributed by atoms with Gasteiger partial charge in [0.05, 0.1) is 19.3 Å². The van der Waals surface area contributed by atoms with Crippen LogP contribution in [0.5, 0.6) is 5.75 Å². The van der Waals surface area contributed by atoms with E-state index in [-0.39, 0.29) is 0 Å². The summed E-state index contributed by atoms with van der Waals surface area (Å²) in [5.41, 5.74) is 4.57. The summed E-state index contributed by atoms with van der Waals surface area (Å²) in [6.07, 6.45) is 0.874. The van der Waals surface area contributed by atoms with Crippen molar-refractivity contribution >= 4 is 5.96 Å². The van der Waals surface area contributed by atoms with Crippen LogP contribution >= 0.6 is 0 Å². The minimum Gasteiger partial charge on any atom is -0.496 e. The van der Waals surface area contributed by atoms with Gasteiger partial charge in [-0.05, 0) is 38.8 Å². The maximum Gasteiger partial charge on any atom is 0.191 e. The largest absolute Gasteiger partial charge is 0.496 e. The molecule has 1 heterocycles. The monoisotopic (exact) mass is 343 g/mol. The van der Waals surface area contributed by atoms with Gasteiger partial charge in [0.1, 0.15) is 5.75 Å². The maximum atomic E-state index is 5.40. The molecule has 1 aromatic carbocycles. The number of aliphatic imine (C=N–C) groups is 1. The molecule has 6 nitrogen and oxygen atoms in total. The van der Waals surface area contributed by atoms with E-state index in [1.165, 1.54) is 11.1 Å². The van der Waals surface area contributed by atoms with Crippen molar-refractivity contribution < 1.29 is 4.74 Å². The number of para-hydroxylation sites is 1. The van der Waals surface area contributed by atoms with E-state index in [2.05, 4.69) is 35.6 Å². The Hall–Kier alpha value is -2.50. The zero-order chi connectivity index (χ0) is 18.2. The number of aryl methyl sites for hydroxylation is 2. The third-order valence-corrected chi connectivity index (χ3v) is 4.28. The van der Waals surface area contributed by atoms with E-state index in [0.717, 1.165) is 42.6 Å². The lowest BCUT2D eigenvalue weighted by Gasteiger charge is -2.13. The summed E-state index contributed by atoms with van der Waals surface area (Å²) in [5, 5.41) is 11.1. The Morgan fingerprint density at radius 3 is 2.64 bits per heavy atom. The van der Waals surface area contributed by atoms with Gasteiger partial charge in [0.15, 0.2) is 5.96 Å². The summed E-state index contributed by atoms with van der Waals surface area (Å²) in [5.74, 6) is 1.74. The molecule has 0 unspecified atom stereocenters. The molecule has 2 N–H and O–H groups in total. The number of aromatic nitrogens is 2. The van der Waals surface area contributed by atoms with Gasteiger partial charge in [0, 0.05) is 31.4 Å². The lowest BCUT2D eigenvalue weighted by atomic mass is 10.1. The fourth-order valence-corrected chi connectivity index (χ4v) is 2.77. The van der Waals surface area contributed by atoms with Crippen LogP contribution in [0, 0.1) is 13.8 Å². The standard InChI is InChI=1S/C19H29N5O/c1-6-20-19(22-13-17-14(2)23-24(4)15(17)3)21-12-11-16-9-7-8-10-18(16)25-5/h7-10H,6,11-13H2,1-5H3,(H2,20,21,22). The number of guanidine groups is 1. The minimum atomic E-state index is 0.621. The first-order valence-electron chi connectivity index (χ1n) is 8.70. The number of rotatable bonds is 7. The van der Waals surface area contributed by atoms with Crippen LogP contribution in [0.3, 0.4) is 0 Å². The summed E-state index contributed by atoms with van der Waals surface area (Å²) >= 11 is 0. The lowest BCUT2D eigenvalue weighted by molar-refractivity contribution is 0.409.